The minimum absolute atomic E-state index is 0.112. The molecular weight excluding hydrogens is 394 g/mol. The zero-order valence-electron chi connectivity index (χ0n) is 15.5. The number of hydrogen-bond donors (Lipinski definition) is 1. The van der Waals surface area contributed by atoms with Crippen LogP contribution in [-0.2, 0) is 14.8 Å². The Morgan fingerprint density at radius 2 is 1.72 bits per heavy atom. The van der Waals surface area contributed by atoms with Crippen molar-refractivity contribution < 1.29 is 22.7 Å². The molecule has 0 aliphatic carbocycles. The van der Waals surface area contributed by atoms with Crippen molar-refractivity contribution >= 4 is 32.7 Å². The quantitative estimate of drug-likeness (QED) is 0.491. The van der Waals surface area contributed by atoms with Gasteiger partial charge >= 0.3 is 5.97 Å². The van der Waals surface area contributed by atoms with Crippen LogP contribution in [0.5, 0.6) is 0 Å². The Bertz CT molecular complexity index is 1160. The molecule has 29 heavy (non-hydrogen) atoms. The zero-order chi connectivity index (χ0) is 20.4. The molecular formula is C20H19N3O5S. The second-order valence-corrected chi connectivity index (χ2v) is 8.69. The van der Waals surface area contributed by atoms with Crippen LogP contribution in [0.1, 0.15) is 33.7 Å². The van der Waals surface area contributed by atoms with Gasteiger partial charge in [-0.15, -0.1) is 0 Å². The highest BCUT2D eigenvalue weighted by Crippen LogP contribution is 2.21. The molecule has 4 rings (SSSR count). The van der Waals surface area contributed by atoms with Gasteiger partial charge in [0.25, 0.3) is 0 Å². The summed E-state index contributed by atoms with van der Waals surface area (Å²) < 4.78 is 31.6. The number of Topliss-reactive ketones (excluding diaryl/α,β-unsaturated/α-hetero) is 1. The number of ether oxygens (including phenoxy) is 1. The molecule has 1 N–H and O–H groups in total. The molecule has 0 unspecified atom stereocenters. The number of H-pyrrole nitrogens is 1. The Kier molecular flexibility index (Phi) is 5.16. The molecule has 1 saturated heterocycles. The average Bonchev–Trinajstić information content (AvgIpc) is 3.42. The Morgan fingerprint density at radius 1 is 1.03 bits per heavy atom. The molecule has 0 spiro atoms. The predicted octanol–water partition coefficient (Wildman–Crippen LogP) is 2.39. The first-order valence-electron chi connectivity index (χ1n) is 9.20. The summed E-state index contributed by atoms with van der Waals surface area (Å²) >= 11 is 0. The lowest BCUT2D eigenvalue weighted by molar-refractivity contribution is 0.0471. The molecule has 0 amide bonds. The fourth-order valence-electron chi connectivity index (χ4n) is 3.29. The zero-order valence-corrected chi connectivity index (χ0v) is 16.3. The minimum Gasteiger partial charge on any atom is -0.452 e. The van der Waals surface area contributed by atoms with E-state index in [2.05, 4.69) is 10.2 Å². The normalized spacial score (nSPS) is 14.9. The second kappa shape index (κ2) is 7.76. The smallest absolute Gasteiger partial charge is 0.359 e. The number of nitrogens with zero attached hydrogens (tertiary/aromatic N) is 2. The molecule has 1 aliphatic heterocycles. The van der Waals surface area contributed by atoms with Crippen molar-refractivity contribution in [3.05, 3.63) is 59.8 Å². The van der Waals surface area contributed by atoms with E-state index in [0.29, 0.717) is 24.0 Å². The van der Waals surface area contributed by atoms with Crippen molar-refractivity contribution in [2.45, 2.75) is 17.7 Å². The van der Waals surface area contributed by atoms with Crippen molar-refractivity contribution in [2.24, 2.45) is 0 Å². The summed E-state index contributed by atoms with van der Waals surface area (Å²) in [5.74, 6) is -1.13. The van der Waals surface area contributed by atoms with Gasteiger partial charge in [-0.05, 0) is 43.2 Å². The summed E-state index contributed by atoms with van der Waals surface area (Å²) in [6, 6.07) is 12.8. The van der Waals surface area contributed by atoms with Gasteiger partial charge in [-0.3, -0.25) is 9.89 Å². The maximum Gasteiger partial charge on any atom is 0.359 e. The number of fused-ring (bicyclic) bond motifs is 1. The largest absolute Gasteiger partial charge is 0.452 e. The van der Waals surface area contributed by atoms with Gasteiger partial charge in [0.05, 0.1) is 10.4 Å². The molecule has 2 aromatic carbocycles. The third-order valence-electron chi connectivity index (χ3n) is 4.88. The van der Waals surface area contributed by atoms with Crippen molar-refractivity contribution in [1.82, 2.24) is 14.5 Å². The molecule has 1 aromatic heterocycles. The fourth-order valence-corrected chi connectivity index (χ4v) is 4.81. The first kappa shape index (κ1) is 19.3. The Balaban J connectivity index is 1.41. The van der Waals surface area contributed by atoms with Crippen LogP contribution in [0.2, 0.25) is 0 Å². The van der Waals surface area contributed by atoms with Crippen LogP contribution in [0.3, 0.4) is 0 Å². The average molecular weight is 413 g/mol. The molecule has 1 fully saturated rings. The Hall–Kier alpha value is -3.04. The van der Waals surface area contributed by atoms with Crippen LogP contribution in [-0.4, -0.2) is 54.4 Å². The number of carbonyl (C=O) groups is 2. The number of carbonyl (C=O) groups excluding carboxylic acids is 2. The third-order valence-corrected chi connectivity index (χ3v) is 6.79. The van der Waals surface area contributed by atoms with Gasteiger partial charge in [0.15, 0.2) is 18.1 Å². The molecule has 0 saturated carbocycles. The molecule has 3 aromatic rings. The predicted molar refractivity (Wildman–Crippen MR) is 105 cm³/mol. The first-order valence-corrected chi connectivity index (χ1v) is 10.6. The summed E-state index contributed by atoms with van der Waals surface area (Å²) in [6.07, 6.45) is 1.71. The minimum atomic E-state index is -3.53. The van der Waals surface area contributed by atoms with Crippen LogP contribution in [0.4, 0.5) is 0 Å². The highest BCUT2D eigenvalue weighted by atomic mass is 32.2. The van der Waals surface area contributed by atoms with E-state index in [1.165, 1.54) is 28.6 Å². The molecule has 9 heteroatoms. The number of benzene rings is 2. The van der Waals surface area contributed by atoms with Crippen molar-refractivity contribution in [2.75, 3.05) is 19.7 Å². The van der Waals surface area contributed by atoms with Gasteiger partial charge in [-0.1, -0.05) is 18.2 Å². The van der Waals surface area contributed by atoms with E-state index in [4.69, 9.17) is 4.74 Å². The number of aromatic nitrogens is 2. The number of hydrogen-bond acceptors (Lipinski definition) is 6. The summed E-state index contributed by atoms with van der Waals surface area (Å²) in [5, 5.41) is 7.29. The van der Waals surface area contributed by atoms with Gasteiger partial charge in [-0.2, -0.15) is 9.40 Å². The maximum absolute atomic E-state index is 12.5. The van der Waals surface area contributed by atoms with Crippen LogP contribution in [0.25, 0.3) is 10.9 Å². The lowest BCUT2D eigenvalue weighted by Crippen LogP contribution is -2.27. The van der Waals surface area contributed by atoms with Crippen molar-refractivity contribution in [3.63, 3.8) is 0 Å². The number of esters is 1. The number of rotatable bonds is 6. The molecule has 0 atom stereocenters. The fraction of sp³-hybridized carbons (Fsp3) is 0.250. The molecule has 1 aliphatic rings. The number of ketones is 1. The number of sulfonamides is 1. The third kappa shape index (κ3) is 3.79. The van der Waals surface area contributed by atoms with Crippen molar-refractivity contribution in [1.29, 1.82) is 0 Å². The van der Waals surface area contributed by atoms with Gasteiger partial charge in [0, 0.05) is 24.0 Å². The van der Waals surface area contributed by atoms with Crippen molar-refractivity contribution in [3.8, 4) is 0 Å². The van der Waals surface area contributed by atoms with Crippen LogP contribution >= 0.6 is 0 Å². The van der Waals surface area contributed by atoms with E-state index in [-0.39, 0.29) is 16.2 Å². The first-order chi connectivity index (χ1) is 14.0. The monoisotopic (exact) mass is 413 g/mol. The Labute approximate surface area is 167 Å². The van der Waals surface area contributed by atoms with Gasteiger partial charge in [-0.25, -0.2) is 13.2 Å². The van der Waals surface area contributed by atoms with Gasteiger partial charge in [0.2, 0.25) is 10.0 Å². The molecule has 8 nitrogen and oxygen atoms in total. The van der Waals surface area contributed by atoms with Crippen LogP contribution in [0.15, 0.2) is 53.4 Å². The van der Waals surface area contributed by atoms with E-state index < -0.39 is 28.4 Å². The SMILES string of the molecule is O=C(COC(=O)c1n[nH]c2ccccc12)c1ccc(S(=O)(=O)N2CCCC2)cc1. The summed E-state index contributed by atoms with van der Waals surface area (Å²) in [7, 11) is -3.53. The molecule has 150 valence electrons. The highest BCUT2D eigenvalue weighted by Gasteiger charge is 2.27. The van der Waals surface area contributed by atoms with E-state index in [9.17, 15) is 18.0 Å². The standard InChI is InChI=1S/C20H19N3O5S/c24-18(13-28-20(25)19-16-5-1-2-6-17(16)21-22-19)14-7-9-15(10-8-14)29(26,27)23-11-3-4-12-23/h1-2,5-10H,3-4,11-13H2,(H,21,22). The maximum atomic E-state index is 12.5. The molecule has 2 heterocycles. The molecule has 0 radical (unpaired) electrons. The van der Waals surface area contributed by atoms with E-state index in [0.717, 1.165) is 12.8 Å². The summed E-state index contributed by atoms with van der Waals surface area (Å²) in [4.78, 5) is 24.7. The number of nitrogens with one attached hydrogen (secondary N) is 1. The van der Waals surface area contributed by atoms with Crippen LogP contribution in [0, 0.1) is 0 Å². The second-order valence-electron chi connectivity index (χ2n) is 6.75. The van der Waals surface area contributed by atoms with E-state index in [1.807, 2.05) is 6.07 Å². The number of aromatic amines is 1. The summed E-state index contributed by atoms with van der Waals surface area (Å²) in [6.45, 7) is 0.569. The topological polar surface area (TPSA) is 109 Å². The lowest BCUT2D eigenvalue weighted by atomic mass is 10.1. The summed E-state index contributed by atoms with van der Waals surface area (Å²) in [5.41, 5.74) is 1.08. The van der Waals surface area contributed by atoms with E-state index >= 15 is 0 Å². The lowest BCUT2D eigenvalue weighted by Gasteiger charge is -2.15. The number of para-hydroxylation sites is 1. The van der Waals surface area contributed by atoms with Crippen LogP contribution < -0.4 is 0 Å². The van der Waals surface area contributed by atoms with E-state index in [1.54, 1.807) is 18.2 Å². The Morgan fingerprint density at radius 3 is 2.45 bits per heavy atom. The van der Waals surface area contributed by atoms with Gasteiger partial charge in [0.1, 0.15) is 0 Å². The molecule has 0 bridgehead atoms. The van der Waals surface area contributed by atoms with Gasteiger partial charge < -0.3 is 4.74 Å². The highest BCUT2D eigenvalue weighted by molar-refractivity contribution is 7.89.